The van der Waals surface area contributed by atoms with E-state index in [1.165, 1.54) is 20.0 Å². The van der Waals surface area contributed by atoms with Crippen LogP contribution in [-0.4, -0.2) is 53.9 Å². The number of carbonyl (C=O) groups is 1. The number of carbonyl (C=O) groups excluding carboxylic acids is 1. The Morgan fingerprint density at radius 3 is 2.90 bits per heavy atom. The number of nitrogens with zero attached hydrogens (tertiary/aromatic N) is 2. The normalized spacial score (nSPS) is 17.4. The van der Waals surface area contributed by atoms with Crippen LogP contribution in [-0.2, 0) is 4.74 Å². The molecule has 0 saturated heterocycles. The van der Waals surface area contributed by atoms with Crippen LogP contribution in [0.2, 0.25) is 0 Å². The number of amides is 1. The highest BCUT2D eigenvalue weighted by Gasteiger charge is 2.23. The highest BCUT2D eigenvalue weighted by Crippen LogP contribution is 2.30. The van der Waals surface area contributed by atoms with E-state index >= 15 is 0 Å². The molecule has 0 radical (unpaired) electrons. The molecule has 1 amide bonds. The first-order valence-corrected chi connectivity index (χ1v) is 7.22. The van der Waals surface area contributed by atoms with Crippen molar-refractivity contribution in [2.45, 2.75) is 37.8 Å². The van der Waals surface area contributed by atoms with E-state index in [-0.39, 0.29) is 19.1 Å². The van der Waals surface area contributed by atoms with Crippen molar-refractivity contribution in [3.8, 4) is 0 Å². The van der Waals surface area contributed by atoms with E-state index in [1.54, 1.807) is 11.9 Å². The van der Waals surface area contributed by atoms with Gasteiger partial charge in [0.1, 0.15) is 5.69 Å². The van der Waals surface area contributed by atoms with Crippen LogP contribution in [0.15, 0.2) is 18.3 Å². The summed E-state index contributed by atoms with van der Waals surface area (Å²) in [6, 6.07) is 4.23. The molecule has 1 aliphatic rings. The van der Waals surface area contributed by atoms with Crippen molar-refractivity contribution < 1.29 is 14.6 Å². The zero-order valence-corrected chi connectivity index (χ0v) is 12.3. The zero-order chi connectivity index (χ0) is 14.5. The van der Waals surface area contributed by atoms with Gasteiger partial charge >= 0.3 is 0 Å². The fraction of sp³-hybridized carbons (Fsp3) is 0.667. The van der Waals surface area contributed by atoms with Crippen LogP contribution in [0.5, 0.6) is 0 Å². The van der Waals surface area contributed by atoms with Gasteiger partial charge in [-0.3, -0.25) is 4.79 Å². The number of ether oxygens (including phenoxy) is 1. The number of aliphatic hydroxyl groups is 1. The van der Waals surface area contributed by atoms with E-state index in [1.807, 2.05) is 18.3 Å². The fourth-order valence-electron chi connectivity index (χ4n) is 2.92. The van der Waals surface area contributed by atoms with Gasteiger partial charge < -0.3 is 19.3 Å². The Morgan fingerprint density at radius 2 is 2.25 bits per heavy atom. The van der Waals surface area contributed by atoms with Crippen molar-refractivity contribution in [2.24, 2.45) is 0 Å². The number of likely N-dealkylation sites (N-methyl/N-ethyl adjacent to an activating group) is 1. The summed E-state index contributed by atoms with van der Waals surface area (Å²) >= 11 is 0. The van der Waals surface area contributed by atoms with Gasteiger partial charge in [-0.2, -0.15) is 0 Å². The molecule has 1 fully saturated rings. The van der Waals surface area contributed by atoms with Crippen LogP contribution in [0.4, 0.5) is 0 Å². The van der Waals surface area contributed by atoms with Crippen LogP contribution >= 0.6 is 0 Å². The molecular formula is C15H24N2O3. The molecule has 20 heavy (non-hydrogen) atoms. The van der Waals surface area contributed by atoms with Gasteiger partial charge in [0.2, 0.25) is 0 Å². The van der Waals surface area contributed by atoms with Gasteiger partial charge in [-0.1, -0.05) is 12.8 Å². The SMILES string of the molecule is COCC(O)CN(C)C(=O)c1cccn1C1CCCC1. The standard InChI is InChI=1S/C15H24N2O3/c1-16(10-13(18)11-20-2)15(19)14-8-5-9-17(14)12-6-3-4-7-12/h5,8-9,12-13,18H,3-4,6-7,10-11H2,1-2H3. The van der Waals surface area contributed by atoms with Crippen molar-refractivity contribution in [1.29, 1.82) is 0 Å². The van der Waals surface area contributed by atoms with E-state index in [9.17, 15) is 9.90 Å². The Balaban J connectivity index is 2.03. The number of hydrogen-bond donors (Lipinski definition) is 1. The van der Waals surface area contributed by atoms with Crippen molar-refractivity contribution in [3.05, 3.63) is 24.0 Å². The molecule has 1 aromatic heterocycles. The molecule has 1 N–H and O–H groups in total. The van der Waals surface area contributed by atoms with Crippen molar-refractivity contribution in [2.75, 3.05) is 27.3 Å². The van der Waals surface area contributed by atoms with Crippen molar-refractivity contribution in [1.82, 2.24) is 9.47 Å². The Kier molecular flexibility index (Phi) is 5.20. The van der Waals surface area contributed by atoms with E-state index < -0.39 is 6.10 Å². The maximum Gasteiger partial charge on any atom is 0.270 e. The zero-order valence-electron chi connectivity index (χ0n) is 12.3. The molecule has 1 heterocycles. The van der Waals surface area contributed by atoms with Gasteiger partial charge in [0.25, 0.3) is 5.91 Å². The van der Waals surface area contributed by atoms with Crippen LogP contribution in [0.1, 0.15) is 42.2 Å². The minimum Gasteiger partial charge on any atom is -0.389 e. The maximum absolute atomic E-state index is 12.5. The number of aliphatic hydroxyl groups excluding tert-OH is 1. The van der Waals surface area contributed by atoms with Gasteiger partial charge in [0.05, 0.1) is 12.7 Å². The number of hydrogen-bond acceptors (Lipinski definition) is 3. The van der Waals surface area contributed by atoms with E-state index in [0.29, 0.717) is 11.7 Å². The third kappa shape index (κ3) is 3.41. The van der Waals surface area contributed by atoms with Crippen molar-refractivity contribution >= 4 is 5.91 Å². The lowest BCUT2D eigenvalue weighted by Crippen LogP contribution is -2.37. The molecular weight excluding hydrogens is 256 g/mol. The quantitative estimate of drug-likeness (QED) is 0.862. The van der Waals surface area contributed by atoms with Gasteiger partial charge in [-0.05, 0) is 25.0 Å². The lowest BCUT2D eigenvalue weighted by atomic mass is 10.2. The summed E-state index contributed by atoms with van der Waals surface area (Å²) in [5.41, 5.74) is 0.712. The predicted octanol–water partition coefficient (Wildman–Crippen LogP) is 1.68. The lowest BCUT2D eigenvalue weighted by Gasteiger charge is -2.23. The fourth-order valence-corrected chi connectivity index (χ4v) is 2.92. The Morgan fingerprint density at radius 1 is 1.55 bits per heavy atom. The minimum absolute atomic E-state index is 0.0444. The third-order valence-electron chi connectivity index (χ3n) is 3.91. The predicted molar refractivity (Wildman–Crippen MR) is 76.8 cm³/mol. The molecule has 2 rings (SSSR count). The monoisotopic (exact) mass is 280 g/mol. The first-order chi connectivity index (χ1) is 9.63. The molecule has 1 aliphatic carbocycles. The highest BCUT2D eigenvalue weighted by molar-refractivity contribution is 5.92. The van der Waals surface area contributed by atoms with Gasteiger partial charge in [-0.25, -0.2) is 0 Å². The third-order valence-corrected chi connectivity index (χ3v) is 3.91. The Hall–Kier alpha value is -1.33. The molecule has 1 atom stereocenters. The molecule has 1 aromatic rings. The van der Waals surface area contributed by atoms with E-state index in [4.69, 9.17) is 4.74 Å². The smallest absolute Gasteiger partial charge is 0.270 e. The maximum atomic E-state index is 12.5. The highest BCUT2D eigenvalue weighted by atomic mass is 16.5. The second-order valence-corrected chi connectivity index (χ2v) is 5.53. The first kappa shape index (κ1) is 15.1. The molecule has 0 bridgehead atoms. The summed E-state index contributed by atoms with van der Waals surface area (Å²) in [4.78, 5) is 14.0. The largest absolute Gasteiger partial charge is 0.389 e. The van der Waals surface area contributed by atoms with Crippen LogP contribution < -0.4 is 0 Å². The number of aromatic nitrogens is 1. The molecule has 0 spiro atoms. The summed E-state index contributed by atoms with van der Waals surface area (Å²) in [5.74, 6) is -0.0444. The molecule has 5 nitrogen and oxygen atoms in total. The Bertz CT molecular complexity index is 438. The van der Waals surface area contributed by atoms with Gasteiger partial charge in [-0.15, -0.1) is 0 Å². The molecule has 1 unspecified atom stereocenters. The molecule has 0 aromatic carbocycles. The number of methoxy groups -OCH3 is 1. The number of rotatable bonds is 6. The second kappa shape index (κ2) is 6.90. The summed E-state index contributed by atoms with van der Waals surface area (Å²) in [5, 5.41) is 9.72. The average Bonchev–Trinajstić information content (AvgIpc) is 3.08. The van der Waals surface area contributed by atoms with Gasteiger partial charge in [0, 0.05) is 32.9 Å². The van der Waals surface area contributed by atoms with Crippen LogP contribution in [0.25, 0.3) is 0 Å². The molecule has 112 valence electrons. The lowest BCUT2D eigenvalue weighted by molar-refractivity contribution is 0.0375. The second-order valence-electron chi connectivity index (χ2n) is 5.53. The Labute approximate surface area is 120 Å². The van der Waals surface area contributed by atoms with E-state index in [2.05, 4.69) is 4.57 Å². The van der Waals surface area contributed by atoms with Crippen molar-refractivity contribution in [3.63, 3.8) is 0 Å². The average molecular weight is 280 g/mol. The summed E-state index contributed by atoms with van der Waals surface area (Å²) in [6.45, 7) is 0.518. The molecule has 0 aliphatic heterocycles. The van der Waals surface area contributed by atoms with Crippen LogP contribution in [0, 0.1) is 0 Å². The van der Waals surface area contributed by atoms with Gasteiger partial charge in [0.15, 0.2) is 0 Å². The van der Waals surface area contributed by atoms with E-state index in [0.717, 1.165) is 12.8 Å². The summed E-state index contributed by atoms with van der Waals surface area (Å²) < 4.78 is 6.98. The van der Waals surface area contributed by atoms with Crippen LogP contribution in [0.3, 0.4) is 0 Å². The molecule has 5 heteroatoms. The topological polar surface area (TPSA) is 54.7 Å². The summed E-state index contributed by atoms with van der Waals surface area (Å²) in [7, 11) is 3.25. The first-order valence-electron chi connectivity index (χ1n) is 7.22. The molecule has 1 saturated carbocycles. The minimum atomic E-state index is -0.649. The summed E-state index contributed by atoms with van der Waals surface area (Å²) in [6.07, 6.45) is 6.10.